The van der Waals surface area contributed by atoms with E-state index in [4.69, 9.17) is 4.74 Å². The van der Waals surface area contributed by atoms with Crippen molar-refractivity contribution < 1.29 is 9.53 Å². The Morgan fingerprint density at radius 3 is 3.04 bits per heavy atom. The van der Waals surface area contributed by atoms with E-state index in [9.17, 15) is 4.79 Å². The number of nitrogens with one attached hydrogen (secondary N) is 2. The van der Waals surface area contributed by atoms with E-state index in [1.54, 1.807) is 7.11 Å². The molecule has 0 bridgehead atoms. The van der Waals surface area contributed by atoms with Crippen molar-refractivity contribution in [1.29, 1.82) is 0 Å². The van der Waals surface area contributed by atoms with Crippen molar-refractivity contribution in [1.82, 2.24) is 10.6 Å². The van der Waals surface area contributed by atoms with E-state index in [2.05, 4.69) is 34.6 Å². The molecule has 0 saturated carbocycles. The van der Waals surface area contributed by atoms with Crippen molar-refractivity contribution in [2.24, 2.45) is 11.8 Å². The first kappa shape index (κ1) is 19.0. The van der Waals surface area contributed by atoms with Gasteiger partial charge in [-0.25, -0.2) is 0 Å². The highest BCUT2D eigenvalue weighted by Gasteiger charge is 2.25. The van der Waals surface area contributed by atoms with Gasteiger partial charge in [-0.1, -0.05) is 13.0 Å². The van der Waals surface area contributed by atoms with Gasteiger partial charge in [-0.15, -0.1) is 0 Å². The summed E-state index contributed by atoms with van der Waals surface area (Å²) in [5, 5.41) is 6.74. The molecule has 3 atom stereocenters. The Morgan fingerprint density at radius 2 is 2.27 bits per heavy atom. The third-order valence-electron chi connectivity index (χ3n) is 5.85. The molecule has 26 heavy (non-hydrogen) atoms. The number of benzene rings is 1. The fourth-order valence-corrected chi connectivity index (χ4v) is 4.25. The first-order chi connectivity index (χ1) is 12.7. The quantitative estimate of drug-likeness (QED) is 0.820. The number of hydrogen-bond acceptors (Lipinski definition) is 4. The lowest BCUT2D eigenvalue weighted by Gasteiger charge is -2.35. The largest absolute Gasteiger partial charge is 0.497 e. The van der Waals surface area contributed by atoms with E-state index in [0.29, 0.717) is 18.3 Å². The minimum Gasteiger partial charge on any atom is -0.497 e. The zero-order valence-electron chi connectivity index (χ0n) is 16.2. The Labute approximate surface area is 157 Å². The molecule has 3 rings (SSSR count). The predicted octanol–water partition coefficient (Wildman–Crippen LogP) is 2.81. The number of anilines is 1. The van der Waals surface area contributed by atoms with Crippen LogP contribution in [0.15, 0.2) is 24.3 Å². The van der Waals surface area contributed by atoms with Gasteiger partial charge in [-0.2, -0.15) is 0 Å². The van der Waals surface area contributed by atoms with Gasteiger partial charge in [0.15, 0.2) is 0 Å². The molecule has 1 amide bonds. The van der Waals surface area contributed by atoms with Gasteiger partial charge in [-0.3, -0.25) is 4.79 Å². The van der Waals surface area contributed by atoms with E-state index in [1.165, 1.54) is 18.5 Å². The molecular formula is C21H33N3O2. The molecule has 2 saturated heterocycles. The molecule has 0 spiro atoms. The number of amides is 1. The Morgan fingerprint density at radius 1 is 1.38 bits per heavy atom. The zero-order chi connectivity index (χ0) is 18.4. The molecule has 5 heteroatoms. The van der Waals surface area contributed by atoms with Crippen LogP contribution in [0.3, 0.4) is 0 Å². The molecule has 2 aliphatic rings. The third-order valence-corrected chi connectivity index (χ3v) is 5.85. The second-order valence-corrected chi connectivity index (χ2v) is 7.84. The van der Waals surface area contributed by atoms with Crippen LogP contribution in [0.4, 0.5) is 5.69 Å². The second kappa shape index (κ2) is 9.26. The fraction of sp³-hybridized carbons (Fsp3) is 0.667. The smallest absolute Gasteiger partial charge is 0.220 e. The Balaban J connectivity index is 1.50. The lowest BCUT2D eigenvalue weighted by molar-refractivity contribution is -0.123. The first-order valence-corrected chi connectivity index (χ1v) is 10.0. The number of ether oxygens (including phenoxy) is 1. The Bertz CT molecular complexity index is 586. The van der Waals surface area contributed by atoms with Crippen LogP contribution in [0.25, 0.3) is 0 Å². The van der Waals surface area contributed by atoms with Crippen molar-refractivity contribution in [3.05, 3.63) is 24.3 Å². The average Bonchev–Trinajstić information content (AvgIpc) is 2.69. The summed E-state index contributed by atoms with van der Waals surface area (Å²) in [6, 6.07) is 8.41. The third kappa shape index (κ3) is 5.13. The standard InChI is InChI=1S/C21H33N3O2/c1-16(17-6-4-10-22-14-17)12-21(25)23-18-7-5-11-24(15-18)19-8-3-9-20(13-19)26-2/h3,8-9,13,16-18,22H,4-7,10-12,14-15H2,1-2H3,(H,23,25). The molecule has 5 nitrogen and oxygen atoms in total. The molecule has 0 aromatic heterocycles. The van der Waals surface area contributed by atoms with Gasteiger partial charge in [-0.05, 0) is 62.7 Å². The summed E-state index contributed by atoms with van der Waals surface area (Å²) in [5.74, 6) is 2.17. The van der Waals surface area contributed by atoms with Gasteiger partial charge < -0.3 is 20.3 Å². The summed E-state index contributed by atoms with van der Waals surface area (Å²) in [7, 11) is 1.70. The fourth-order valence-electron chi connectivity index (χ4n) is 4.25. The number of carbonyl (C=O) groups is 1. The summed E-state index contributed by atoms with van der Waals surface area (Å²) in [5.41, 5.74) is 1.17. The minimum atomic E-state index is 0.209. The molecule has 1 aromatic rings. The Hall–Kier alpha value is -1.75. The lowest BCUT2D eigenvalue weighted by Crippen LogP contribution is -2.48. The Kier molecular flexibility index (Phi) is 6.78. The number of piperidine rings is 2. The van der Waals surface area contributed by atoms with Crippen molar-refractivity contribution >= 4 is 11.6 Å². The minimum absolute atomic E-state index is 0.209. The number of hydrogen-bond donors (Lipinski definition) is 2. The summed E-state index contributed by atoms with van der Waals surface area (Å²) in [4.78, 5) is 14.9. The summed E-state index contributed by atoms with van der Waals surface area (Å²) < 4.78 is 5.34. The van der Waals surface area contributed by atoms with Crippen LogP contribution >= 0.6 is 0 Å². The number of carbonyl (C=O) groups excluding carboxylic acids is 1. The number of nitrogens with zero attached hydrogens (tertiary/aromatic N) is 1. The lowest BCUT2D eigenvalue weighted by atomic mass is 9.85. The van der Waals surface area contributed by atoms with E-state index >= 15 is 0 Å². The second-order valence-electron chi connectivity index (χ2n) is 7.84. The normalized spacial score (nSPS) is 24.8. The summed E-state index contributed by atoms with van der Waals surface area (Å²) in [6.07, 6.45) is 5.28. The van der Waals surface area contributed by atoms with E-state index < -0.39 is 0 Å². The monoisotopic (exact) mass is 359 g/mol. The van der Waals surface area contributed by atoms with Gasteiger partial charge in [0.2, 0.25) is 5.91 Å². The van der Waals surface area contributed by atoms with E-state index in [-0.39, 0.29) is 11.9 Å². The van der Waals surface area contributed by atoms with Crippen molar-refractivity contribution in [3.8, 4) is 5.75 Å². The predicted molar refractivity (Wildman–Crippen MR) is 106 cm³/mol. The van der Waals surface area contributed by atoms with Gasteiger partial charge in [0.05, 0.1) is 7.11 Å². The molecule has 2 fully saturated rings. The average molecular weight is 360 g/mol. The molecule has 144 valence electrons. The SMILES string of the molecule is COc1cccc(N2CCCC(NC(=O)CC(C)C3CCCNC3)C2)c1. The van der Waals surface area contributed by atoms with Crippen molar-refractivity contribution in [2.75, 3.05) is 38.2 Å². The highest BCUT2D eigenvalue weighted by molar-refractivity contribution is 5.76. The molecule has 0 aliphatic carbocycles. The maximum atomic E-state index is 12.5. The van der Waals surface area contributed by atoms with Crippen LogP contribution < -0.4 is 20.3 Å². The maximum absolute atomic E-state index is 12.5. The van der Waals surface area contributed by atoms with Gasteiger partial charge >= 0.3 is 0 Å². The topological polar surface area (TPSA) is 53.6 Å². The molecule has 3 unspecified atom stereocenters. The van der Waals surface area contributed by atoms with Crippen molar-refractivity contribution in [2.45, 2.75) is 45.1 Å². The molecule has 2 heterocycles. The van der Waals surface area contributed by atoms with Crippen LogP contribution in [0.5, 0.6) is 5.75 Å². The zero-order valence-corrected chi connectivity index (χ0v) is 16.2. The van der Waals surface area contributed by atoms with Gasteiger partial charge in [0, 0.05) is 37.3 Å². The van der Waals surface area contributed by atoms with Crippen LogP contribution in [-0.2, 0) is 4.79 Å². The highest BCUT2D eigenvalue weighted by Crippen LogP contribution is 2.25. The van der Waals surface area contributed by atoms with Crippen LogP contribution in [0, 0.1) is 11.8 Å². The van der Waals surface area contributed by atoms with E-state index in [1.807, 2.05) is 12.1 Å². The van der Waals surface area contributed by atoms with Crippen LogP contribution in [-0.4, -0.2) is 45.2 Å². The molecule has 2 N–H and O–H groups in total. The van der Waals surface area contributed by atoms with Crippen LogP contribution in [0.2, 0.25) is 0 Å². The molecule has 1 aromatic carbocycles. The number of methoxy groups -OCH3 is 1. The summed E-state index contributed by atoms with van der Waals surface area (Å²) >= 11 is 0. The van der Waals surface area contributed by atoms with Gasteiger partial charge in [0.1, 0.15) is 5.75 Å². The van der Waals surface area contributed by atoms with E-state index in [0.717, 1.165) is 44.8 Å². The summed E-state index contributed by atoms with van der Waals surface area (Å²) in [6.45, 7) is 6.31. The molecular weight excluding hydrogens is 326 g/mol. The molecule has 2 aliphatic heterocycles. The number of rotatable bonds is 6. The highest BCUT2D eigenvalue weighted by atomic mass is 16.5. The van der Waals surface area contributed by atoms with Crippen LogP contribution in [0.1, 0.15) is 39.0 Å². The first-order valence-electron chi connectivity index (χ1n) is 10.0. The van der Waals surface area contributed by atoms with Gasteiger partial charge in [0.25, 0.3) is 0 Å². The van der Waals surface area contributed by atoms with Crippen molar-refractivity contribution in [3.63, 3.8) is 0 Å². The molecule has 0 radical (unpaired) electrons. The maximum Gasteiger partial charge on any atom is 0.220 e.